The van der Waals surface area contributed by atoms with Crippen LogP contribution in [-0.4, -0.2) is 28.9 Å². The fourth-order valence-electron chi connectivity index (χ4n) is 1.86. The summed E-state index contributed by atoms with van der Waals surface area (Å²) < 4.78 is 27.5. The molecule has 0 saturated carbocycles. The Bertz CT molecular complexity index is 676. The lowest BCUT2D eigenvalue weighted by Gasteiger charge is -2.06. The second-order valence-corrected chi connectivity index (χ2v) is 6.07. The Kier molecular flexibility index (Phi) is 3.25. The third-order valence-corrected chi connectivity index (χ3v) is 4.10. The minimum atomic E-state index is -3.28. The minimum absolute atomic E-state index is 0.108. The van der Waals surface area contributed by atoms with E-state index in [0.717, 1.165) is 16.7 Å². The first kappa shape index (κ1) is 12.8. The fraction of sp³-hybridized carbons (Fsp3) is 0.455. The molecule has 0 radical (unpaired) electrons. The average molecular weight is 268 g/mol. The summed E-state index contributed by atoms with van der Waals surface area (Å²) in [5, 5.41) is 5.10. The number of rotatable bonds is 4. The van der Waals surface area contributed by atoms with Crippen LogP contribution in [0, 0.1) is 6.92 Å². The number of nitrogens with one attached hydrogen (secondary N) is 1. The molecule has 2 heterocycles. The Morgan fingerprint density at radius 2 is 2.17 bits per heavy atom. The molecule has 0 aromatic carbocycles. The van der Waals surface area contributed by atoms with Gasteiger partial charge in [-0.1, -0.05) is 6.92 Å². The van der Waals surface area contributed by atoms with Crippen LogP contribution in [0.1, 0.15) is 19.0 Å². The van der Waals surface area contributed by atoms with Crippen molar-refractivity contribution in [2.75, 3.05) is 10.5 Å². The van der Waals surface area contributed by atoms with Crippen LogP contribution in [0.15, 0.2) is 12.3 Å². The summed E-state index contributed by atoms with van der Waals surface area (Å²) in [6.45, 7) is 3.69. The quantitative estimate of drug-likeness (QED) is 0.910. The lowest BCUT2D eigenvalue weighted by molar-refractivity contribution is 0.600. The molecule has 0 atom stereocenters. The first-order valence-electron chi connectivity index (χ1n) is 5.73. The normalized spacial score (nSPS) is 11.9. The molecule has 0 fully saturated rings. The van der Waals surface area contributed by atoms with Crippen LogP contribution in [0.25, 0.3) is 11.0 Å². The van der Waals surface area contributed by atoms with E-state index >= 15 is 0 Å². The molecule has 0 saturated heterocycles. The summed E-state index contributed by atoms with van der Waals surface area (Å²) in [6.07, 6.45) is 2.09. The van der Waals surface area contributed by atoms with Crippen molar-refractivity contribution < 1.29 is 8.42 Å². The van der Waals surface area contributed by atoms with E-state index in [4.69, 9.17) is 0 Å². The standard InChI is InChI=1S/C11H16N4O2S/c1-4-5-18(16,17)14-9-6-10-8(2)13-15(3)11(10)12-7-9/h6-7,14H,4-5H2,1-3H3. The molecule has 0 spiro atoms. The van der Waals surface area contributed by atoms with Crippen LogP contribution in [0.5, 0.6) is 0 Å². The van der Waals surface area contributed by atoms with Gasteiger partial charge in [0.25, 0.3) is 0 Å². The molecule has 0 aliphatic rings. The van der Waals surface area contributed by atoms with Gasteiger partial charge in [-0.15, -0.1) is 0 Å². The number of hydrogen-bond donors (Lipinski definition) is 1. The van der Waals surface area contributed by atoms with Gasteiger partial charge in [0.15, 0.2) is 5.65 Å². The predicted molar refractivity (Wildman–Crippen MR) is 70.9 cm³/mol. The molecule has 2 rings (SSSR count). The van der Waals surface area contributed by atoms with Crippen LogP contribution in [0.4, 0.5) is 5.69 Å². The first-order valence-corrected chi connectivity index (χ1v) is 7.38. The molecule has 0 bridgehead atoms. The number of sulfonamides is 1. The molecular weight excluding hydrogens is 252 g/mol. The highest BCUT2D eigenvalue weighted by Crippen LogP contribution is 2.20. The van der Waals surface area contributed by atoms with E-state index < -0.39 is 10.0 Å². The van der Waals surface area contributed by atoms with Gasteiger partial charge in [-0.25, -0.2) is 13.4 Å². The van der Waals surface area contributed by atoms with Gasteiger partial charge >= 0.3 is 0 Å². The summed E-state index contributed by atoms with van der Waals surface area (Å²) >= 11 is 0. The lowest BCUT2D eigenvalue weighted by atomic mass is 10.3. The zero-order chi connectivity index (χ0) is 13.3. The Morgan fingerprint density at radius 1 is 1.44 bits per heavy atom. The van der Waals surface area contributed by atoms with E-state index in [1.165, 1.54) is 6.20 Å². The summed E-state index contributed by atoms with van der Waals surface area (Å²) in [7, 11) is -1.47. The van der Waals surface area contributed by atoms with Gasteiger partial charge in [0.05, 0.1) is 23.3 Å². The maximum atomic E-state index is 11.7. The Labute approximate surface area is 106 Å². The number of hydrogen-bond acceptors (Lipinski definition) is 4. The number of aromatic nitrogens is 3. The van der Waals surface area contributed by atoms with E-state index in [1.54, 1.807) is 10.7 Å². The summed E-state index contributed by atoms with van der Waals surface area (Å²) in [4.78, 5) is 4.22. The van der Waals surface area contributed by atoms with Crippen molar-refractivity contribution in [2.45, 2.75) is 20.3 Å². The Hall–Kier alpha value is -1.63. The monoisotopic (exact) mass is 268 g/mol. The smallest absolute Gasteiger partial charge is 0.232 e. The van der Waals surface area contributed by atoms with Gasteiger partial charge in [0.2, 0.25) is 10.0 Å². The highest BCUT2D eigenvalue weighted by molar-refractivity contribution is 7.92. The molecule has 98 valence electrons. The number of anilines is 1. The molecular formula is C11H16N4O2S. The van der Waals surface area contributed by atoms with Gasteiger partial charge in [0, 0.05) is 12.4 Å². The number of pyridine rings is 1. The molecule has 6 nitrogen and oxygen atoms in total. The van der Waals surface area contributed by atoms with E-state index in [1.807, 2.05) is 20.9 Å². The first-order chi connectivity index (χ1) is 8.43. The third-order valence-electron chi connectivity index (χ3n) is 2.61. The highest BCUT2D eigenvalue weighted by Gasteiger charge is 2.11. The second-order valence-electron chi connectivity index (χ2n) is 4.23. The predicted octanol–water partition coefficient (Wildman–Crippen LogP) is 1.43. The van der Waals surface area contributed by atoms with Crippen molar-refractivity contribution >= 4 is 26.7 Å². The van der Waals surface area contributed by atoms with E-state index in [9.17, 15) is 8.42 Å². The molecule has 1 N–H and O–H groups in total. The van der Waals surface area contributed by atoms with Gasteiger partial charge in [0.1, 0.15) is 0 Å². The molecule has 18 heavy (non-hydrogen) atoms. The van der Waals surface area contributed by atoms with Crippen molar-refractivity contribution in [1.82, 2.24) is 14.8 Å². The van der Waals surface area contributed by atoms with Crippen LogP contribution in [0.2, 0.25) is 0 Å². The topological polar surface area (TPSA) is 76.9 Å². The molecule has 0 unspecified atom stereocenters. The Balaban J connectivity index is 2.39. The maximum Gasteiger partial charge on any atom is 0.232 e. The van der Waals surface area contributed by atoms with E-state index in [-0.39, 0.29) is 5.75 Å². The maximum absolute atomic E-state index is 11.7. The molecule has 2 aromatic rings. The average Bonchev–Trinajstić information content (AvgIpc) is 2.53. The summed E-state index contributed by atoms with van der Waals surface area (Å²) in [5.74, 6) is 0.108. The molecule has 0 aliphatic carbocycles. The van der Waals surface area contributed by atoms with Crippen molar-refractivity contribution in [3.05, 3.63) is 18.0 Å². The van der Waals surface area contributed by atoms with Crippen LogP contribution >= 0.6 is 0 Å². The van der Waals surface area contributed by atoms with Crippen LogP contribution < -0.4 is 4.72 Å². The van der Waals surface area contributed by atoms with Crippen molar-refractivity contribution in [1.29, 1.82) is 0 Å². The van der Waals surface area contributed by atoms with Crippen molar-refractivity contribution in [3.63, 3.8) is 0 Å². The Morgan fingerprint density at radius 3 is 2.83 bits per heavy atom. The summed E-state index contributed by atoms with van der Waals surface area (Å²) in [5.41, 5.74) is 2.05. The van der Waals surface area contributed by atoms with Gasteiger partial charge < -0.3 is 0 Å². The van der Waals surface area contributed by atoms with Gasteiger partial charge in [-0.05, 0) is 19.4 Å². The van der Waals surface area contributed by atoms with E-state index in [0.29, 0.717) is 12.1 Å². The van der Waals surface area contributed by atoms with Gasteiger partial charge in [-0.3, -0.25) is 9.40 Å². The zero-order valence-corrected chi connectivity index (χ0v) is 11.5. The molecule has 2 aromatic heterocycles. The van der Waals surface area contributed by atoms with Crippen LogP contribution in [-0.2, 0) is 17.1 Å². The summed E-state index contributed by atoms with van der Waals surface area (Å²) in [6, 6.07) is 1.76. The second kappa shape index (κ2) is 4.56. The molecule has 7 heteroatoms. The lowest BCUT2D eigenvalue weighted by Crippen LogP contribution is -2.16. The number of fused-ring (bicyclic) bond motifs is 1. The van der Waals surface area contributed by atoms with Crippen LogP contribution in [0.3, 0.4) is 0 Å². The zero-order valence-electron chi connectivity index (χ0n) is 10.6. The van der Waals surface area contributed by atoms with E-state index in [2.05, 4.69) is 14.8 Å². The van der Waals surface area contributed by atoms with Gasteiger partial charge in [-0.2, -0.15) is 5.10 Å². The largest absolute Gasteiger partial charge is 0.282 e. The SMILES string of the molecule is CCCS(=O)(=O)Nc1cnc2c(c1)c(C)nn2C. The van der Waals surface area contributed by atoms with Crippen molar-refractivity contribution in [2.24, 2.45) is 7.05 Å². The number of aryl methyl sites for hydroxylation is 2. The highest BCUT2D eigenvalue weighted by atomic mass is 32.2. The fourth-order valence-corrected chi connectivity index (χ4v) is 2.97. The molecule has 0 aliphatic heterocycles. The third kappa shape index (κ3) is 2.45. The minimum Gasteiger partial charge on any atom is -0.282 e. The molecule has 0 amide bonds. The number of nitrogens with zero attached hydrogens (tertiary/aromatic N) is 3. The van der Waals surface area contributed by atoms with Crippen molar-refractivity contribution in [3.8, 4) is 0 Å².